The van der Waals surface area contributed by atoms with E-state index in [0.717, 1.165) is 23.3 Å². The van der Waals surface area contributed by atoms with Gasteiger partial charge in [0.25, 0.3) is 0 Å². The van der Waals surface area contributed by atoms with E-state index in [1.165, 1.54) is 31.9 Å². The maximum atomic E-state index is 15.2. The largest absolute Gasteiger partial charge is 0.417 e. The number of halogens is 4. The highest BCUT2D eigenvalue weighted by molar-refractivity contribution is 7.98. The van der Waals surface area contributed by atoms with Crippen LogP contribution in [0, 0.1) is 18.2 Å². The molecule has 1 aliphatic rings. The lowest BCUT2D eigenvalue weighted by molar-refractivity contribution is -0.137. The molecule has 0 aliphatic heterocycles. The summed E-state index contributed by atoms with van der Waals surface area (Å²) in [5, 5.41) is 1.35. The molecule has 32 heavy (non-hydrogen) atoms. The zero-order valence-corrected chi connectivity index (χ0v) is 19.4. The Kier molecular flexibility index (Phi) is 6.05. The minimum Gasteiger partial charge on any atom is -0.347 e. The molecular weight excluding hydrogens is 438 g/mol. The number of nitrogens with one attached hydrogen (secondary N) is 1. The maximum absolute atomic E-state index is 15.2. The van der Waals surface area contributed by atoms with Crippen LogP contribution >= 0.6 is 11.9 Å². The van der Waals surface area contributed by atoms with Gasteiger partial charge in [0.2, 0.25) is 0 Å². The molecular formula is C24H27F4N3S. The van der Waals surface area contributed by atoms with Crippen LogP contribution in [0.25, 0.3) is 22.0 Å². The molecule has 0 radical (unpaired) electrons. The van der Waals surface area contributed by atoms with Gasteiger partial charge in [0, 0.05) is 58.5 Å². The highest BCUT2D eigenvalue weighted by atomic mass is 32.2. The van der Waals surface area contributed by atoms with Crippen molar-refractivity contribution in [1.82, 2.24) is 14.3 Å². The van der Waals surface area contributed by atoms with Crippen LogP contribution in [0.1, 0.15) is 50.4 Å². The zero-order valence-electron chi connectivity index (χ0n) is 18.6. The van der Waals surface area contributed by atoms with Crippen LogP contribution in [-0.4, -0.2) is 14.8 Å². The summed E-state index contributed by atoms with van der Waals surface area (Å²) in [6, 6.07) is 3.87. The van der Waals surface area contributed by atoms with Gasteiger partial charge in [-0.3, -0.25) is 9.71 Å². The van der Waals surface area contributed by atoms with Crippen molar-refractivity contribution in [1.29, 1.82) is 0 Å². The Hall–Kier alpha value is -2.06. The quantitative estimate of drug-likeness (QED) is 0.311. The molecule has 2 aromatic heterocycles. The molecule has 1 N–H and O–H groups in total. The van der Waals surface area contributed by atoms with E-state index in [2.05, 4.69) is 30.5 Å². The second-order valence-corrected chi connectivity index (χ2v) is 10.9. The fraction of sp³-hybridized carbons (Fsp3) is 0.458. The maximum Gasteiger partial charge on any atom is 0.417 e. The highest BCUT2D eigenvalue weighted by Gasteiger charge is 2.35. The van der Waals surface area contributed by atoms with Crippen LogP contribution in [0.2, 0.25) is 0 Å². The van der Waals surface area contributed by atoms with Crippen LogP contribution in [-0.2, 0) is 19.3 Å². The Bertz CT molecular complexity index is 1140. The van der Waals surface area contributed by atoms with E-state index in [9.17, 15) is 13.2 Å². The molecule has 8 heteroatoms. The molecule has 4 rings (SSSR count). The highest BCUT2D eigenvalue weighted by Crippen LogP contribution is 2.40. The lowest BCUT2D eigenvalue weighted by Gasteiger charge is -2.20. The topological polar surface area (TPSA) is 29.9 Å². The van der Waals surface area contributed by atoms with Gasteiger partial charge >= 0.3 is 6.18 Å². The van der Waals surface area contributed by atoms with Crippen LogP contribution in [0.15, 0.2) is 30.6 Å². The Morgan fingerprint density at radius 1 is 1.12 bits per heavy atom. The molecule has 0 saturated heterocycles. The molecule has 0 spiro atoms. The van der Waals surface area contributed by atoms with E-state index < -0.39 is 17.6 Å². The summed E-state index contributed by atoms with van der Waals surface area (Å²) in [4.78, 5) is 4.01. The molecule has 1 fully saturated rings. The fourth-order valence-corrected chi connectivity index (χ4v) is 4.65. The van der Waals surface area contributed by atoms with Gasteiger partial charge in [-0.25, -0.2) is 4.39 Å². The summed E-state index contributed by atoms with van der Waals surface area (Å²) in [5.74, 6) is -0.682. The second-order valence-electron chi connectivity index (χ2n) is 9.70. The first kappa shape index (κ1) is 23.1. The molecule has 0 bridgehead atoms. The van der Waals surface area contributed by atoms with Gasteiger partial charge in [-0.1, -0.05) is 32.7 Å². The van der Waals surface area contributed by atoms with E-state index in [1.807, 2.05) is 10.8 Å². The van der Waals surface area contributed by atoms with Crippen molar-refractivity contribution in [2.24, 2.45) is 5.41 Å². The van der Waals surface area contributed by atoms with E-state index in [-0.39, 0.29) is 22.2 Å². The van der Waals surface area contributed by atoms with Gasteiger partial charge in [0.1, 0.15) is 5.82 Å². The summed E-state index contributed by atoms with van der Waals surface area (Å²) in [6.45, 7) is 8.99. The summed E-state index contributed by atoms with van der Waals surface area (Å²) in [6.07, 6.45) is 0.903. The van der Waals surface area contributed by atoms with Crippen molar-refractivity contribution in [2.45, 2.75) is 65.1 Å². The number of pyridine rings is 1. The number of hydrogen-bond donors (Lipinski definition) is 1. The van der Waals surface area contributed by atoms with Crippen molar-refractivity contribution in [2.75, 3.05) is 0 Å². The van der Waals surface area contributed by atoms with E-state index >= 15 is 4.39 Å². The van der Waals surface area contributed by atoms with E-state index in [0.29, 0.717) is 23.7 Å². The lowest BCUT2D eigenvalue weighted by Crippen LogP contribution is -2.14. The molecule has 172 valence electrons. The summed E-state index contributed by atoms with van der Waals surface area (Å²) >= 11 is 1.69. The van der Waals surface area contributed by atoms with Crippen LogP contribution in [0.3, 0.4) is 0 Å². The van der Waals surface area contributed by atoms with Gasteiger partial charge in [-0.05, 0) is 48.9 Å². The summed E-state index contributed by atoms with van der Waals surface area (Å²) in [7, 11) is 0. The first-order valence-corrected chi connectivity index (χ1v) is 11.5. The van der Waals surface area contributed by atoms with Gasteiger partial charge in [-0.15, -0.1) is 0 Å². The smallest absolute Gasteiger partial charge is 0.347 e. The van der Waals surface area contributed by atoms with Gasteiger partial charge in [0.15, 0.2) is 0 Å². The second kappa shape index (κ2) is 8.37. The zero-order chi connectivity index (χ0) is 23.3. The van der Waals surface area contributed by atoms with Crippen molar-refractivity contribution in [3.63, 3.8) is 0 Å². The third kappa shape index (κ3) is 5.12. The van der Waals surface area contributed by atoms with E-state index in [4.69, 9.17) is 0 Å². The molecule has 0 unspecified atom stereocenters. The molecule has 3 aromatic rings. The SMILES string of the molecule is Cc1cc(C(F)(F)F)c(-c2cc3c(cc2F)c(CNSC2CC2)cn3CC(C)(C)C)cn1. The number of fused-ring (bicyclic) bond motifs is 1. The van der Waals surface area contributed by atoms with Crippen molar-refractivity contribution in [3.05, 3.63) is 53.2 Å². The summed E-state index contributed by atoms with van der Waals surface area (Å²) < 4.78 is 61.7. The van der Waals surface area contributed by atoms with Crippen LogP contribution in [0.4, 0.5) is 17.6 Å². The average molecular weight is 466 g/mol. The molecule has 1 aromatic carbocycles. The van der Waals surface area contributed by atoms with Crippen LogP contribution in [0.5, 0.6) is 0 Å². The molecule has 3 nitrogen and oxygen atoms in total. The number of alkyl halides is 3. The molecule has 1 saturated carbocycles. The molecule has 0 atom stereocenters. The fourth-order valence-electron chi connectivity index (χ4n) is 3.81. The standard InChI is InChI=1S/C24H27F4N3S/c1-14-7-20(24(26,27)28)19(11-29-14)18-9-22-17(8-21(18)25)15(10-30-32-16-5-6-16)12-31(22)13-23(2,3)4/h7-9,11-12,16,30H,5-6,10,13H2,1-4H3. The van der Waals surface area contributed by atoms with Crippen molar-refractivity contribution in [3.8, 4) is 11.1 Å². The average Bonchev–Trinajstić information content (AvgIpc) is 3.44. The number of hydrogen-bond acceptors (Lipinski definition) is 3. The first-order valence-electron chi connectivity index (χ1n) is 10.7. The number of aryl methyl sites for hydroxylation is 1. The van der Waals surface area contributed by atoms with Crippen LogP contribution < -0.4 is 4.72 Å². The lowest BCUT2D eigenvalue weighted by atomic mass is 9.96. The van der Waals surface area contributed by atoms with E-state index in [1.54, 1.807) is 11.9 Å². The Morgan fingerprint density at radius 3 is 2.47 bits per heavy atom. The third-order valence-corrected chi connectivity index (χ3v) is 6.49. The van der Waals surface area contributed by atoms with Gasteiger partial charge in [-0.2, -0.15) is 13.2 Å². The minimum absolute atomic E-state index is 0.0590. The van der Waals surface area contributed by atoms with Gasteiger partial charge in [0.05, 0.1) is 5.56 Å². The monoisotopic (exact) mass is 465 g/mol. The van der Waals surface area contributed by atoms with Gasteiger partial charge < -0.3 is 4.57 Å². The predicted octanol–water partition coefficient (Wildman–Crippen LogP) is 7.12. The third-order valence-electron chi connectivity index (χ3n) is 5.37. The Morgan fingerprint density at radius 2 is 1.84 bits per heavy atom. The van der Waals surface area contributed by atoms with Crippen molar-refractivity contribution < 1.29 is 17.6 Å². The number of benzene rings is 1. The first-order chi connectivity index (χ1) is 14.9. The van der Waals surface area contributed by atoms with Crippen molar-refractivity contribution >= 4 is 22.9 Å². The minimum atomic E-state index is -4.60. The normalized spacial score (nSPS) is 15.0. The number of aromatic nitrogens is 2. The number of rotatable bonds is 6. The summed E-state index contributed by atoms with van der Waals surface area (Å²) in [5.41, 5.74) is 0.628. The molecule has 0 amide bonds. The predicted molar refractivity (Wildman–Crippen MR) is 122 cm³/mol. The molecule has 2 heterocycles. The Labute approximate surface area is 189 Å². The Balaban J connectivity index is 1.83. The molecule has 1 aliphatic carbocycles. The number of nitrogens with zero attached hydrogens (tertiary/aromatic N) is 2.